The monoisotopic (exact) mass is 405 g/mol. The van der Waals surface area contributed by atoms with Gasteiger partial charge in [0.25, 0.3) is 5.91 Å². The number of hydrogen-bond acceptors (Lipinski definition) is 4. The Labute approximate surface area is 171 Å². The summed E-state index contributed by atoms with van der Waals surface area (Å²) >= 11 is 0. The van der Waals surface area contributed by atoms with Crippen molar-refractivity contribution >= 4 is 35.2 Å². The van der Waals surface area contributed by atoms with Gasteiger partial charge in [-0.1, -0.05) is 31.0 Å². The van der Waals surface area contributed by atoms with Gasteiger partial charge >= 0.3 is 0 Å². The second-order valence-electron chi connectivity index (χ2n) is 7.51. The van der Waals surface area contributed by atoms with Gasteiger partial charge in [-0.05, 0) is 25.0 Å². The summed E-state index contributed by atoms with van der Waals surface area (Å²) < 4.78 is 5.70. The molecule has 0 aliphatic carbocycles. The highest BCUT2D eigenvalue weighted by molar-refractivity contribution is 5.96. The zero-order valence-corrected chi connectivity index (χ0v) is 17.0. The first-order valence-corrected chi connectivity index (χ1v) is 9.99. The maximum atomic E-state index is 12.7. The maximum absolute atomic E-state index is 12.7. The summed E-state index contributed by atoms with van der Waals surface area (Å²) in [5.41, 5.74) is 0.738. The number of carbonyl (C=O) groups is 2. The second-order valence-corrected chi connectivity index (χ2v) is 7.51. The lowest BCUT2D eigenvalue weighted by molar-refractivity contribution is -0.132. The Morgan fingerprint density at radius 1 is 0.857 bits per heavy atom. The molecule has 28 heavy (non-hydrogen) atoms. The van der Waals surface area contributed by atoms with Crippen LogP contribution in [0.1, 0.15) is 36.2 Å². The van der Waals surface area contributed by atoms with Crippen LogP contribution in [0.5, 0.6) is 0 Å². The normalized spacial score (nSPS) is 18.6. The van der Waals surface area contributed by atoms with E-state index in [2.05, 4.69) is 4.90 Å². The third kappa shape index (κ3) is 4.67. The van der Waals surface area contributed by atoms with Crippen molar-refractivity contribution in [2.24, 2.45) is 0 Å². The van der Waals surface area contributed by atoms with E-state index in [0.29, 0.717) is 25.4 Å². The van der Waals surface area contributed by atoms with Crippen molar-refractivity contribution in [2.45, 2.75) is 25.7 Å². The third-order valence-corrected chi connectivity index (χ3v) is 5.61. The van der Waals surface area contributed by atoms with Gasteiger partial charge in [0.2, 0.25) is 5.91 Å². The zero-order chi connectivity index (χ0) is 18.6. The van der Waals surface area contributed by atoms with Gasteiger partial charge in [-0.3, -0.25) is 14.5 Å². The number of amides is 2. The van der Waals surface area contributed by atoms with Crippen LogP contribution < -0.4 is 0 Å². The van der Waals surface area contributed by atoms with Crippen molar-refractivity contribution in [1.29, 1.82) is 0 Å². The fourth-order valence-electron chi connectivity index (χ4n) is 3.96. The summed E-state index contributed by atoms with van der Waals surface area (Å²) in [6.07, 6.45) is 4.69. The minimum Gasteiger partial charge on any atom is -0.451 e. The van der Waals surface area contributed by atoms with Crippen molar-refractivity contribution in [3.05, 3.63) is 36.1 Å². The largest absolute Gasteiger partial charge is 0.451 e. The average Bonchev–Trinajstić information content (AvgIpc) is 2.94. The first kappa shape index (κ1) is 20.7. The fourth-order valence-corrected chi connectivity index (χ4v) is 3.96. The van der Waals surface area contributed by atoms with Crippen LogP contribution in [-0.4, -0.2) is 72.3 Å². The lowest BCUT2D eigenvalue weighted by Crippen LogP contribution is -2.51. The van der Waals surface area contributed by atoms with Crippen LogP contribution in [0.25, 0.3) is 11.0 Å². The summed E-state index contributed by atoms with van der Waals surface area (Å²) in [5.74, 6) is 0.559. The first-order valence-electron chi connectivity index (χ1n) is 9.99. The van der Waals surface area contributed by atoms with Gasteiger partial charge in [0.15, 0.2) is 5.76 Å². The quantitative estimate of drug-likeness (QED) is 0.787. The molecule has 2 aliphatic rings. The van der Waals surface area contributed by atoms with Crippen LogP contribution in [0.2, 0.25) is 0 Å². The highest BCUT2D eigenvalue weighted by atomic mass is 35.5. The number of piperazine rings is 1. The Bertz CT molecular complexity index is 773. The van der Waals surface area contributed by atoms with Crippen LogP contribution in [0.3, 0.4) is 0 Å². The summed E-state index contributed by atoms with van der Waals surface area (Å²) in [5, 5.41) is 0.947. The molecule has 0 saturated carbocycles. The number of hydrogen-bond donors (Lipinski definition) is 0. The topological polar surface area (TPSA) is 57.0 Å². The number of halogens is 1. The van der Waals surface area contributed by atoms with E-state index >= 15 is 0 Å². The molecular formula is C21H28ClN3O3. The molecular weight excluding hydrogens is 378 g/mol. The molecule has 2 aliphatic heterocycles. The molecule has 1 aromatic heterocycles. The van der Waals surface area contributed by atoms with Crippen LogP contribution in [0, 0.1) is 0 Å². The van der Waals surface area contributed by atoms with Crippen LogP contribution in [0.15, 0.2) is 34.7 Å². The molecule has 0 bridgehead atoms. The molecule has 0 unspecified atom stereocenters. The number of furan rings is 1. The molecule has 2 aromatic rings. The lowest BCUT2D eigenvalue weighted by atomic mass is 10.2. The van der Waals surface area contributed by atoms with E-state index in [1.807, 2.05) is 40.1 Å². The summed E-state index contributed by atoms with van der Waals surface area (Å²) in [6.45, 7) is 4.96. The van der Waals surface area contributed by atoms with E-state index in [4.69, 9.17) is 4.42 Å². The zero-order valence-electron chi connectivity index (χ0n) is 16.1. The minimum absolute atomic E-state index is 0. The third-order valence-electron chi connectivity index (χ3n) is 5.61. The second kappa shape index (κ2) is 9.43. The van der Waals surface area contributed by atoms with Crippen molar-refractivity contribution in [1.82, 2.24) is 14.7 Å². The van der Waals surface area contributed by atoms with Gasteiger partial charge in [-0.25, -0.2) is 0 Å². The Kier molecular flexibility index (Phi) is 6.97. The molecule has 3 heterocycles. The number of likely N-dealkylation sites (tertiary alicyclic amines) is 1. The van der Waals surface area contributed by atoms with Crippen molar-refractivity contribution in [3.8, 4) is 0 Å². The lowest BCUT2D eigenvalue weighted by Gasteiger charge is -2.35. The predicted molar refractivity (Wildman–Crippen MR) is 111 cm³/mol. The van der Waals surface area contributed by atoms with Crippen LogP contribution >= 0.6 is 12.4 Å². The Morgan fingerprint density at radius 3 is 2.21 bits per heavy atom. The Hall–Kier alpha value is -2.05. The van der Waals surface area contributed by atoms with Gasteiger partial charge in [0.05, 0.1) is 6.54 Å². The van der Waals surface area contributed by atoms with Crippen LogP contribution in [-0.2, 0) is 4.79 Å². The first-order chi connectivity index (χ1) is 13.2. The number of fused-ring (bicyclic) bond motifs is 1. The predicted octanol–water partition coefficient (Wildman–Crippen LogP) is 3.02. The van der Waals surface area contributed by atoms with Gasteiger partial charge in [0.1, 0.15) is 5.58 Å². The fraction of sp³-hybridized carbons (Fsp3) is 0.524. The van der Waals surface area contributed by atoms with E-state index in [0.717, 1.165) is 50.0 Å². The number of rotatable bonds is 3. The maximum Gasteiger partial charge on any atom is 0.289 e. The number of para-hydroxylation sites is 1. The highest BCUT2D eigenvalue weighted by Crippen LogP contribution is 2.20. The number of benzene rings is 1. The molecule has 4 rings (SSSR count). The van der Waals surface area contributed by atoms with Gasteiger partial charge < -0.3 is 14.2 Å². The van der Waals surface area contributed by atoms with E-state index in [1.165, 1.54) is 12.8 Å². The molecule has 0 radical (unpaired) electrons. The molecule has 152 valence electrons. The van der Waals surface area contributed by atoms with E-state index in [9.17, 15) is 9.59 Å². The van der Waals surface area contributed by atoms with Crippen molar-refractivity contribution in [3.63, 3.8) is 0 Å². The van der Waals surface area contributed by atoms with Gasteiger partial charge in [0, 0.05) is 44.7 Å². The molecule has 2 fully saturated rings. The van der Waals surface area contributed by atoms with E-state index in [-0.39, 0.29) is 24.2 Å². The van der Waals surface area contributed by atoms with Crippen LogP contribution in [0.4, 0.5) is 0 Å². The Morgan fingerprint density at radius 2 is 1.54 bits per heavy atom. The van der Waals surface area contributed by atoms with Crippen molar-refractivity contribution < 1.29 is 14.0 Å². The average molecular weight is 406 g/mol. The highest BCUT2D eigenvalue weighted by Gasteiger charge is 2.26. The molecule has 0 atom stereocenters. The standard InChI is InChI=1S/C21H27N3O3.ClH/c25-20(23-9-5-1-2-6-10-23)16-22-11-13-24(14-12-22)21(26)19-15-17-7-3-4-8-18(17)27-19;/h3-4,7-8,15H,1-2,5-6,9-14,16H2;1H. The summed E-state index contributed by atoms with van der Waals surface area (Å²) in [6, 6.07) is 9.47. The van der Waals surface area contributed by atoms with Gasteiger partial charge in [-0.2, -0.15) is 0 Å². The summed E-state index contributed by atoms with van der Waals surface area (Å²) in [7, 11) is 0. The molecule has 0 N–H and O–H groups in total. The SMILES string of the molecule is Cl.O=C(CN1CCN(C(=O)c2cc3ccccc3o2)CC1)N1CCCCCC1. The van der Waals surface area contributed by atoms with Gasteiger partial charge in [-0.15, -0.1) is 12.4 Å². The van der Waals surface area contributed by atoms with Crippen molar-refractivity contribution in [2.75, 3.05) is 45.8 Å². The molecule has 6 nitrogen and oxygen atoms in total. The Balaban J connectivity index is 0.00000225. The molecule has 2 amide bonds. The molecule has 7 heteroatoms. The number of carbonyl (C=O) groups excluding carboxylic acids is 2. The van der Waals surface area contributed by atoms with E-state index in [1.54, 1.807) is 0 Å². The smallest absolute Gasteiger partial charge is 0.289 e. The molecule has 0 spiro atoms. The minimum atomic E-state index is -0.0651. The van der Waals surface area contributed by atoms with E-state index < -0.39 is 0 Å². The molecule has 2 saturated heterocycles. The molecule has 1 aromatic carbocycles. The summed E-state index contributed by atoms with van der Waals surface area (Å²) in [4.78, 5) is 31.3. The number of nitrogens with zero attached hydrogens (tertiary/aromatic N) is 3.